The molecule has 0 spiro atoms. The minimum atomic E-state index is -0.206. The zero-order valence-corrected chi connectivity index (χ0v) is 19.3. The smallest absolute Gasteiger partial charge is 0.169 e. The predicted molar refractivity (Wildman–Crippen MR) is 126 cm³/mol. The van der Waals surface area contributed by atoms with E-state index in [1.165, 1.54) is 11.1 Å². The van der Waals surface area contributed by atoms with Crippen LogP contribution < -0.4 is 19.5 Å². The lowest BCUT2D eigenvalue weighted by atomic mass is 9.72. The highest BCUT2D eigenvalue weighted by molar-refractivity contribution is 5.43. The Kier molecular flexibility index (Phi) is 7.24. The first-order valence-corrected chi connectivity index (χ1v) is 10.7. The van der Waals surface area contributed by atoms with Crippen LogP contribution in [0.1, 0.15) is 37.8 Å². The van der Waals surface area contributed by atoms with Crippen LogP contribution in [0.5, 0.6) is 23.0 Å². The van der Waals surface area contributed by atoms with E-state index in [2.05, 4.69) is 50.4 Å². The van der Waals surface area contributed by atoms with E-state index in [4.69, 9.17) is 14.2 Å². The topological polar surface area (TPSA) is 39.7 Å². The molecule has 3 unspecified atom stereocenters. The molecular weight excluding hydrogens is 386 g/mol. The van der Waals surface area contributed by atoms with Crippen molar-refractivity contribution in [3.8, 4) is 23.0 Å². The maximum Gasteiger partial charge on any atom is 0.169 e. The van der Waals surface area contributed by atoms with Crippen LogP contribution in [0.4, 0.5) is 0 Å². The van der Waals surface area contributed by atoms with Gasteiger partial charge in [0.15, 0.2) is 11.5 Å². The van der Waals surface area contributed by atoms with Crippen LogP contribution in [-0.4, -0.2) is 21.3 Å². The number of nitrogens with one attached hydrogen (secondary N) is 1. The Balaban J connectivity index is 1.81. The highest BCUT2D eigenvalue weighted by atomic mass is 16.5. The molecule has 3 aromatic rings. The van der Waals surface area contributed by atoms with E-state index < -0.39 is 0 Å². The third kappa shape index (κ3) is 4.86. The molecule has 4 nitrogen and oxygen atoms in total. The van der Waals surface area contributed by atoms with Gasteiger partial charge in [-0.25, -0.2) is 0 Å². The molecule has 3 rings (SSSR count). The number of methoxy groups -OCH3 is 2. The summed E-state index contributed by atoms with van der Waals surface area (Å²) >= 11 is 0. The SMILES string of the molecule is CNC(C)(c1ccc(Oc2ccccc2OC)cc1)C(C)C(C)c1ccc(OC)cc1. The summed E-state index contributed by atoms with van der Waals surface area (Å²) in [6.45, 7) is 6.83. The molecular formula is C27H33NO3. The fourth-order valence-electron chi connectivity index (χ4n) is 4.03. The van der Waals surface area contributed by atoms with Crippen molar-refractivity contribution >= 4 is 0 Å². The highest BCUT2D eigenvalue weighted by Crippen LogP contribution is 2.40. The van der Waals surface area contributed by atoms with Crippen molar-refractivity contribution in [3.63, 3.8) is 0 Å². The summed E-state index contributed by atoms with van der Waals surface area (Å²) in [5.74, 6) is 3.78. The van der Waals surface area contributed by atoms with E-state index in [0.29, 0.717) is 23.3 Å². The van der Waals surface area contributed by atoms with Gasteiger partial charge in [-0.1, -0.05) is 50.2 Å². The average molecular weight is 420 g/mol. The van der Waals surface area contributed by atoms with Crippen molar-refractivity contribution in [1.82, 2.24) is 5.32 Å². The predicted octanol–water partition coefficient (Wildman–Crippen LogP) is 6.37. The van der Waals surface area contributed by atoms with Crippen LogP contribution in [0.3, 0.4) is 0 Å². The van der Waals surface area contributed by atoms with E-state index >= 15 is 0 Å². The van der Waals surface area contributed by atoms with Gasteiger partial charge in [0, 0.05) is 5.54 Å². The Morgan fingerprint density at radius 1 is 0.742 bits per heavy atom. The van der Waals surface area contributed by atoms with Gasteiger partial charge in [-0.2, -0.15) is 0 Å². The molecule has 0 radical (unpaired) electrons. The van der Waals surface area contributed by atoms with Crippen LogP contribution in [0, 0.1) is 5.92 Å². The van der Waals surface area contributed by atoms with Gasteiger partial charge in [0.1, 0.15) is 11.5 Å². The normalized spacial score (nSPS) is 14.9. The zero-order valence-electron chi connectivity index (χ0n) is 19.3. The van der Waals surface area contributed by atoms with Gasteiger partial charge in [-0.3, -0.25) is 0 Å². The Bertz CT molecular complexity index is 969. The van der Waals surface area contributed by atoms with Gasteiger partial charge in [0.05, 0.1) is 14.2 Å². The van der Waals surface area contributed by atoms with E-state index in [1.807, 2.05) is 55.6 Å². The first-order valence-electron chi connectivity index (χ1n) is 10.7. The molecule has 0 saturated heterocycles. The molecule has 0 aliphatic heterocycles. The lowest BCUT2D eigenvalue weighted by molar-refractivity contribution is 0.235. The van der Waals surface area contributed by atoms with Crippen LogP contribution >= 0.6 is 0 Å². The van der Waals surface area contributed by atoms with Crippen molar-refractivity contribution in [2.24, 2.45) is 5.92 Å². The minimum Gasteiger partial charge on any atom is -0.497 e. The molecule has 0 bridgehead atoms. The molecule has 1 N–H and O–H groups in total. The molecule has 0 aliphatic rings. The van der Waals surface area contributed by atoms with Crippen molar-refractivity contribution in [1.29, 1.82) is 0 Å². The lowest BCUT2D eigenvalue weighted by Crippen LogP contribution is -2.44. The quantitative estimate of drug-likeness (QED) is 0.437. The Morgan fingerprint density at radius 2 is 1.32 bits per heavy atom. The maximum atomic E-state index is 6.04. The highest BCUT2D eigenvalue weighted by Gasteiger charge is 2.35. The van der Waals surface area contributed by atoms with Crippen molar-refractivity contribution in [2.75, 3.05) is 21.3 Å². The molecule has 3 aromatic carbocycles. The summed E-state index contributed by atoms with van der Waals surface area (Å²) in [5, 5.41) is 3.57. The van der Waals surface area contributed by atoms with Gasteiger partial charge in [0.25, 0.3) is 0 Å². The van der Waals surface area contributed by atoms with Crippen LogP contribution in [0.15, 0.2) is 72.8 Å². The van der Waals surface area contributed by atoms with Crippen molar-refractivity contribution in [3.05, 3.63) is 83.9 Å². The summed E-state index contributed by atoms with van der Waals surface area (Å²) in [6.07, 6.45) is 0. The number of rotatable bonds is 9. The largest absolute Gasteiger partial charge is 0.497 e. The van der Waals surface area contributed by atoms with Crippen LogP contribution in [0.25, 0.3) is 0 Å². The van der Waals surface area contributed by atoms with Gasteiger partial charge >= 0.3 is 0 Å². The maximum absolute atomic E-state index is 6.04. The first kappa shape index (κ1) is 22.7. The second kappa shape index (κ2) is 9.88. The van der Waals surface area contributed by atoms with Gasteiger partial charge in [-0.15, -0.1) is 0 Å². The van der Waals surface area contributed by atoms with E-state index in [-0.39, 0.29) is 5.54 Å². The molecule has 164 valence electrons. The first-order chi connectivity index (χ1) is 14.9. The molecule has 0 aliphatic carbocycles. The van der Waals surface area contributed by atoms with Gasteiger partial charge in [0.2, 0.25) is 0 Å². The van der Waals surface area contributed by atoms with Crippen molar-refractivity contribution < 1.29 is 14.2 Å². The number of ether oxygens (including phenoxy) is 3. The Labute approximate surface area is 186 Å². The van der Waals surface area contributed by atoms with Gasteiger partial charge < -0.3 is 19.5 Å². The third-order valence-corrected chi connectivity index (χ3v) is 6.57. The molecule has 0 aromatic heterocycles. The lowest BCUT2D eigenvalue weighted by Gasteiger charge is -2.40. The zero-order chi connectivity index (χ0) is 22.4. The summed E-state index contributed by atoms with van der Waals surface area (Å²) in [6, 6.07) is 24.3. The number of hydrogen-bond donors (Lipinski definition) is 1. The molecule has 4 heteroatoms. The Morgan fingerprint density at radius 3 is 1.87 bits per heavy atom. The summed E-state index contributed by atoms with van der Waals surface area (Å²) in [4.78, 5) is 0. The fourth-order valence-corrected chi connectivity index (χ4v) is 4.03. The van der Waals surface area contributed by atoms with E-state index in [0.717, 1.165) is 11.5 Å². The number of para-hydroxylation sites is 2. The summed E-state index contributed by atoms with van der Waals surface area (Å²) in [5.41, 5.74) is 2.31. The number of hydrogen-bond acceptors (Lipinski definition) is 4. The van der Waals surface area contributed by atoms with Crippen LogP contribution in [-0.2, 0) is 5.54 Å². The Hall–Kier alpha value is -2.98. The summed E-state index contributed by atoms with van der Waals surface area (Å²) < 4.78 is 16.7. The van der Waals surface area contributed by atoms with Crippen LogP contribution in [0.2, 0.25) is 0 Å². The fraction of sp³-hybridized carbons (Fsp3) is 0.333. The monoisotopic (exact) mass is 419 g/mol. The number of benzene rings is 3. The second-order valence-electron chi connectivity index (χ2n) is 8.08. The second-order valence-corrected chi connectivity index (χ2v) is 8.08. The minimum absolute atomic E-state index is 0.206. The standard InChI is InChI=1S/C27H33NO3/c1-19(21-11-15-23(29-5)16-12-21)20(2)27(3,28-4)22-13-17-24(18-14-22)31-26-10-8-7-9-25(26)30-6/h7-20,28H,1-6H3. The molecule has 0 heterocycles. The molecule has 3 atom stereocenters. The average Bonchev–Trinajstić information content (AvgIpc) is 2.83. The molecule has 0 amide bonds. The van der Waals surface area contributed by atoms with E-state index in [9.17, 15) is 0 Å². The van der Waals surface area contributed by atoms with E-state index in [1.54, 1.807) is 14.2 Å². The molecule has 0 fully saturated rings. The summed E-state index contributed by atoms with van der Waals surface area (Å²) in [7, 11) is 5.37. The van der Waals surface area contributed by atoms with Crippen molar-refractivity contribution in [2.45, 2.75) is 32.2 Å². The molecule has 31 heavy (non-hydrogen) atoms. The third-order valence-electron chi connectivity index (χ3n) is 6.57. The van der Waals surface area contributed by atoms with Gasteiger partial charge in [-0.05, 0) is 73.3 Å². The molecule has 0 saturated carbocycles.